The molecule has 1 heterocycles. The summed E-state index contributed by atoms with van der Waals surface area (Å²) in [7, 11) is 0. The number of hydrogen-bond donors (Lipinski definition) is 2. The molecule has 1 nitrogen and oxygen atoms in total. The summed E-state index contributed by atoms with van der Waals surface area (Å²) in [4.78, 5) is 1.26. The first-order valence-electron chi connectivity index (χ1n) is 2.96. The van der Waals surface area contributed by atoms with Crippen LogP contribution in [-0.2, 0) is 0 Å². The van der Waals surface area contributed by atoms with Crippen LogP contribution >= 0.6 is 24.4 Å². The van der Waals surface area contributed by atoms with Gasteiger partial charge in [-0.1, -0.05) is 23.9 Å². The summed E-state index contributed by atoms with van der Waals surface area (Å²) in [6.45, 7) is 0. The lowest BCUT2D eigenvalue weighted by molar-refractivity contribution is 1.45. The van der Waals surface area contributed by atoms with Crippen LogP contribution in [0.5, 0.6) is 0 Å². The molecule has 1 N–H and O–H groups in total. The number of rotatable bonds is 0. The molecule has 3 heteroatoms. The lowest BCUT2D eigenvalue weighted by Gasteiger charge is -1.96. The molecule has 0 saturated heterocycles. The Hall–Kier alpha value is -0.280. The zero-order valence-corrected chi connectivity index (χ0v) is 6.88. The largest absolute Gasteiger partial charge is 0.358 e. The second-order valence-electron chi connectivity index (χ2n) is 2.03. The van der Waals surface area contributed by atoms with Gasteiger partial charge in [-0.25, -0.2) is 0 Å². The number of thioether (sulfide) groups is 1. The number of para-hydroxylation sites is 1. The molecule has 0 atom stereocenters. The van der Waals surface area contributed by atoms with Gasteiger partial charge in [0.05, 0.1) is 0 Å². The van der Waals surface area contributed by atoms with E-state index in [1.807, 2.05) is 18.2 Å². The minimum absolute atomic E-state index is 0.959. The second kappa shape index (κ2) is 2.40. The molecule has 0 fully saturated rings. The standard InChI is InChI=1S/C7H6NS2/c9-7-8-5-3-1-2-4-6(5)10-7/h1-4,8-9H. The van der Waals surface area contributed by atoms with Gasteiger partial charge < -0.3 is 5.32 Å². The number of fused-ring (bicyclic) bond motifs is 1. The fourth-order valence-corrected chi connectivity index (χ4v) is 2.06. The lowest BCUT2D eigenvalue weighted by Crippen LogP contribution is -1.89. The zero-order chi connectivity index (χ0) is 6.97. The number of anilines is 1. The van der Waals surface area contributed by atoms with Crippen LogP contribution in [0.2, 0.25) is 0 Å². The van der Waals surface area contributed by atoms with Gasteiger partial charge in [0.25, 0.3) is 0 Å². The van der Waals surface area contributed by atoms with E-state index in [1.54, 1.807) is 11.8 Å². The smallest absolute Gasteiger partial charge is 0.175 e. The van der Waals surface area contributed by atoms with Crippen molar-refractivity contribution in [1.82, 2.24) is 0 Å². The number of benzene rings is 1. The summed E-state index contributed by atoms with van der Waals surface area (Å²) in [6.07, 6.45) is 0. The topological polar surface area (TPSA) is 12.0 Å². The van der Waals surface area contributed by atoms with Crippen LogP contribution in [0, 0.1) is 4.71 Å². The van der Waals surface area contributed by atoms with Gasteiger partial charge in [0.15, 0.2) is 4.71 Å². The molecular formula is C7H6NS2. The third-order valence-electron chi connectivity index (χ3n) is 1.34. The average molecular weight is 168 g/mol. The van der Waals surface area contributed by atoms with E-state index in [-0.39, 0.29) is 0 Å². The van der Waals surface area contributed by atoms with Crippen molar-refractivity contribution in [3.8, 4) is 0 Å². The van der Waals surface area contributed by atoms with Crippen molar-refractivity contribution in [2.75, 3.05) is 5.32 Å². The molecule has 1 aromatic carbocycles. The third kappa shape index (κ3) is 0.995. The van der Waals surface area contributed by atoms with Crippen LogP contribution in [0.3, 0.4) is 0 Å². The van der Waals surface area contributed by atoms with Crippen LogP contribution in [0.15, 0.2) is 29.2 Å². The molecular weight excluding hydrogens is 162 g/mol. The highest BCUT2D eigenvalue weighted by Crippen LogP contribution is 2.43. The fourth-order valence-electron chi connectivity index (χ4n) is 0.904. The molecule has 1 aliphatic heterocycles. The van der Waals surface area contributed by atoms with E-state index in [0.717, 1.165) is 10.4 Å². The third-order valence-corrected chi connectivity index (χ3v) is 2.59. The van der Waals surface area contributed by atoms with E-state index in [0.29, 0.717) is 0 Å². The van der Waals surface area contributed by atoms with Crippen molar-refractivity contribution in [3.63, 3.8) is 0 Å². The molecule has 0 saturated carbocycles. The summed E-state index contributed by atoms with van der Waals surface area (Å²) < 4.78 is 0.959. The molecule has 0 spiro atoms. The van der Waals surface area contributed by atoms with Crippen molar-refractivity contribution in [2.24, 2.45) is 0 Å². The molecule has 0 unspecified atom stereocenters. The van der Waals surface area contributed by atoms with E-state index in [1.165, 1.54) is 4.90 Å². The van der Waals surface area contributed by atoms with E-state index in [4.69, 9.17) is 0 Å². The fraction of sp³-hybridized carbons (Fsp3) is 0. The Morgan fingerprint density at radius 1 is 1.30 bits per heavy atom. The molecule has 10 heavy (non-hydrogen) atoms. The van der Waals surface area contributed by atoms with Gasteiger partial charge in [-0.05, 0) is 12.1 Å². The SMILES string of the molecule is S[C]1Nc2ccccc2S1. The van der Waals surface area contributed by atoms with E-state index < -0.39 is 0 Å². The highest BCUT2D eigenvalue weighted by Gasteiger charge is 2.17. The van der Waals surface area contributed by atoms with Crippen molar-refractivity contribution < 1.29 is 0 Å². The van der Waals surface area contributed by atoms with Gasteiger partial charge in [-0.15, -0.1) is 12.6 Å². The van der Waals surface area contributed by atoms with E-state index in [9.17, 15) is 0 Å². The predicted molar refractivity (Wildman–Crippen MR) is 48.2 cm³/mol. The van der Waals surface area contributed by atoms with Gasteiger partial charge in [0, 0.05) is 10.6 Å². The summed E-state index contributed by atoms with van der Waals surface area (Å²) in [6, 6.07) is 8.17. The molecule has 0 amide bonds. The maximum absolute atomic E-state index is 4.21. The summed E-state index contributed by atoms with van der Waals surface area (Å²) in [5.41, 5.74) is 1.16. The Balaban J connectivity index is 2.42. The first-order chi connectivity index (χ1) is 4.86. The van der Waals surface area contributed by atoms with Crippen molar-refractivity contribution in [1.29, 1.82) is 0 Å². The monoisotopic (exact) mass is 168 g/mol. The molecule has 0 aromatic heterocycles. The zero-order valence-electron chi connectivity index (χ0n) is 5.16. The Morgan fingerprint density at radius 3 is 2.90 bits per heavy atom. The van der Waals surface area contributed by atoms with Gasteiger partial charge in [0.1, 0.15) is 0 Å². The van der Waals surface area contributed by atoms with Crippen LogP contribution in [0.1, 0.15) is 0 Å². The first-order valence-corrected chi connectivity index (χ1v) is 4.22. The lowest BCUT2D eigenvalue weighted by atomic mass is 10.3. The van der Waals surface area contributed by atoms with Crippen molar-refractivity contribution in [3.05, 3.63) is 29.0 Å². The van der Waals surface area contributed by atoms with Crippen molar-refractivity contribution in [2.45, 2.75) is 4.90 Å². The van der Waals surface area contributed by atoms with Crippen LogP contribution in [0.25, 0.3) is 0 Å². The van der Waals surface area contributed by atoms with E-state index >= 15 is 0 Å². The Labute approximate surface area is 69.6 Å². The average Bonchev–Trinajstić information content (AvgIpc) is 2.27. The molecule has 2 rings (SSSR count). The summed E-state index contributed by atoms with van der Waals surface area (Å²) in [5, 5.41) is 3.14. The van der Waals surface area contributed by atoms with Crippen molar-refractivity contribution >= 4 is 30.1 Å². The normalized spacial score (nSPS) is 16.5. The molecule has 0 bridgehead atoms. The second-order valence-corrected chi connectivity index (χ2v) is 3.83. The molecule has 0 aliphatic carbocycles. The number of hydrogen-bond acceptors (Lipinski definition) is 3. The first kappa shape index (κ1) is 6.43. The van der Waals surface area contributed by atoms with Crippen LogP contribution in [-0.4, -0.2) is 0 Å². The maximum atomic E-state index is 4.21. The highest BCUT2D eigenvalue weighted by molar-refractivity contribution is 8.14. The molecule has 51 valence electrons. The van der Waals surface area contributed by atoms with Crippen LogP contribution in [0.4, 0.5) is 5.69 Å². The predicted octanol–water partition coefficient (Wildman–Crippen LogP) is 2.58. The Bertz CT molecular complexity index is 224. The quantitative estimate of drug-likeness (QED) is 0.577. The minimum atomic E-state index is 0.959. The number of nitrogens with one attached hydrogen (secondary N) is 1. The molecule has 1 aromatic rings. The van der Waals surface area contributed by atoms with Crippen LogP contribution < -0.4 is 5.32 Å². The highest BCUT2D eigenvalue weighted by atomic mass is 32.2. The van der Waals surface area contributed by atoms with Gasteiger partial charge in [0.2, 0.25) is 0 Å². The summed E-state index contributed by atoms with van der Waals surface area (Å²) >= 11 is 5.87. The molecule has 1 aliphatic rings. The Morgan fingerprint density at radius 2 is 2.10 bits per heavy atom. The Kier molecular flexibility index (Phi) is 1.54. The minimum Gasteiger partial charge on any atom is -0.358 e. The van der Waals surface area contributed by atoms with E-state index in [2.05, 4.69) is 24.0 Å². The number of thiol groups is 1. The van der Waals surface area contributed by atoms with Gasteiger partial charge in [-0.3, -0.25) is 0 Å². The molecule has 1 radical (unpaired) electrons. The van der Waals surface area contributed by atoms with Gasteiger partial charge >= 0.3 is 0 Å². The summed E-state index contributed by atoms with van der Waals surface area (Å²) in [5.74, 6) is 0. The van der Waals surface area contributed by atoms with Gasteiger partial charge in [-0.2, -0.15) is 0 Å². The maximum Gasteiger partial charge on any atom is 0.175 e.